The summed E-state index contributed by atoms with van der Waals surface area (Å²) in [6, 6.07) is 6.06. The fourth-order valence-corrected chi connectivity index (χ4v) is 3.12. The highest BCUT2D eigenvalue weighted by Gasteiger charge is 2.25. The maximum absolute atomic E-state index is 9.34. The summed E-state index contributed by atoms with van der Waals surface area (Å²) in [5, 5.41) is 12.8. The molecule has 2 rings (SSSR count). The zero-order valence-electron chi connectivity index (χ0n) is 13.1. The molecule has 1 aromatic carbocycles. The van der Waals surface area contributed by atoms with Crippen LogP contribution in [-0.4, -0.2) is 32.0 Å². The lowest BCUT2D eigenvalue weighted by Gasteiger charge is -2.18. The number of rotatable bonds is 8. The molecule has 118 valence electrons. The molecule has 2 unspecified atom stereocenters. The van der Waals surface area contributed by atoms with E-state index in [2.05, 4.69) is 11.4 Å². The summed E-state index contributed by atoms with van der Waals surface area (Å²) in [5.41, 5.74) is 1.19. The maximum Gasteiger partial charge on any atom is 0.161 e. The number of nitrogens with one attached hydrogen (secondary N) is 1. The Hall–Kier alpha value is -1.26. The van der Waals surface area contributed by atoms with Crippen molar-refractivity contribution in [3.63, 3.8) is 0 Å². The van der Waals surface area contributed by atoms with Gasteiger partial charge in [0.2, 0.25) is 0 Å². The lowest BCUT2D eigenvalue weighted by Crippen LogP contribution is -2.26. The molecule has 4 nitrogen and oxygen atoms in total. The second-order valence-corrected chi connectivity index (χ2v) is 5.68. The first kappa shape index (κ1) is 16.1. The van der Waals surface area contributed by atoms with Gasteiger partial charge in [-0.1, -0.05) is 12.5 Å². The van der Waals surface area contributed by atoms with Gasteiger partial charge in [-0.15, -0.1) is 0 Å². The number of benzene rings is 1. The van der Waals surface area contributed by atoms with Gasteiger partial charge in [-0.3, -0.25) is 0 Å². The van der Waals surface area contributed by atoms with Gasteiger partial charge >= 0.3 is 0 Å². The summed E-state index contributed by atoms with van der Waals surface area (Å²) in [7, 11) is 1.67. The first-order valence-corrected chi connectivity index (χ1v) is 7.89. The number of methoxy groups -OCH3 is 1. The fraction of sp³-hybridized carbons (Fsp3) is 0.647. The van der Waals surface area contributed by atoms with Crippen molar-refractivity contribution in [3.05, 3.63) is 23.8 Å². The van der Waals surface area contributed by atoms with Crippen molar-refractivity contribution in [2.75, 3.05) is 26.9 Å². The van der Waals surface area contributed by atoms with E-state index in [1.165, 1.54) is 24.8 Å². The van der Waals surface area contributed by atoms with Gasteiger partial charge < -0.3 is 19.9 Å². The van der Waals surface area contributed by atoms with E-state index in [1.807, 2.05) is 19.1 Å². The van der Waals surface area contributed by atoms with Gasteiger partial charge in [0, 0.05) is 13.2 Å². The SMILES string of the molecule is CCOc1ccc(CNCC2CCCC2CO)cc1OC. The van der Waals surface area contributed by atoms with Crippen molar-refractivity contribution in [2.24, 2.45) is 11.8 Å². The normalized spacial score (nSPS) is 21.5. The predicted molar refractivity (Wildman–Crippen MR) is 83.8 cm³/mol. The summed E-state index contributed by atoms with van der Waals surface area (Å²) < 4.78 is 10.9. The van der Waals surface area contributed by atoms with E-state index in [4.69, 9.17) is 9.47 Å². The lowest BCUT2D eigenvalue weighted by atomic mass is 9.97. The smallest absolute Gasteiger partial charge is 0.161 e. The summed E-state index contributed by atoms with van der Waals surface area (Å²) >= 11 is 0. The van der Waals surface area contributed by atoms with Gasteiger partial charge in [0.25, 0.3) is 0 Å². The molecule has 1 saturated carbocycles. The largest absolute Gasteiger partial charge is 0.493 e. The molecule has 2 N–H and O–H groups in total. The molecule has 1 aliphatic rings. The molecule has 4 heteroatoms. The fourth-order valence-electron chi connectivity index (χ4n) is 3.12. The van der Waals surface area contributed by atoms with E-state index in [0.29, 0.717) is 25.0 Å². The minimum Gasteiger partial charge on any atom is -0.493 e. The highest BCUT2D eigenvalue weighted by atomic mass is 16.5. The van der Waals surface area contributed by atoms with Crippen LogP contribution in [0.15, 0.2) is 18.2 Å². The van der Waals surface area contributed by atoms with Gasteiger partial charge in [-0.2, -0.15) is 0 Å². The van der Waals surface area contributed by atoms with Gasteiger partial charge in [0.05, 0.1) is 13.7 Å². The first-order chi connectivity index (χ1) is 10.3. The van der Waals surface area contributed by atoms with Crippen LogP contribution >= 0.6 is 0 Å². The molecule has 1 fully saturated rings. The Morgan fingerprint density at radius 2 is 2.05 bits per heavy atom. The second kappa shape index (κ2) is 8.25. The number of hydrogen-bond acceptors (Lipinski definition) is 4. The zero-order valence-corrected chi connectivity index (χ0v) is 13.1. The van der Waals surface area contributed by atoms with E-state index in [9.17, 15) is 5.11 Å². The highest BCUT2D eigenvalue weighted by molar-refractivity contribution is 5.42. The van der Waals surface area contributed by atoms with Crippen LogP contribution in [0.1, 0.15) is 31.7 Å². The summed E-state index contributed by atoms with van der Waals surface area (Å²) in [4.78, 5) is 0. The van der Waals surface area contributed by atoms with Crippen LogP contribution in [0.25, 0.3) is 0 Å². The zero-order chi connectivity index (χ0) is 15.1. The molecule has 1 aliphatic carbocycles. The van der Waals surface area contributed by atoms with Crippen LogP contribution in [-0.2, 0) is 6.54 Å². The second-order valence-electron chi connectivity index (χ2n) is 5.68. The Balaban J connectivity index is 1.85. The van der Waals surface area contributed by atoms with Gasteiger partial charge in [-0.05, 0) is 55.8 Å². The van der Waals surface area contributed by atoms with E-state index < -0.39 is 0 Å². The molecule has 0 amide bonds. The van der Waals surface area contributed by atoms with E-state index in [1.54, 1.807) is 7.11 Å². The third-order valence-electron chi connectivity index (χ3n) is 4.31. The van der Waals surface area contributed by atoms with Crippen LogP contribution in [0.3, 0.4) is 0 Å². The maximum atomic E-state index is 9.34. The molecule has 0 radical (unpaired) electrons. The predicted octanol–water partition coefficient (Wildman–Crippen LogP) is 2.59. The quantitative estimate of drug-likeness (QED) is 0.773. The average molecular weight is 293 g/mol. The Kier molecular flexibility index (Phi) is 6.33. The Morgan fingerprint density at radius 1 is 1.24 bits per heavy atom. The summed E-state index contributed by atoms with van der Waals surface area (Å²) in [5.74, 6) is 2.66. The Morgan fingerprint density at radius 3 is 2.76 bits per heavy atom. The van der Waals surface area contributed by atoms with Crippen LogP contribution in [0.4, 0.5) is 0 Å². The number of aliphatic hydroxyl groups excluding tert-OH is 1. The van der Waals surface area contributed by atoms with Gasteiger partial charge in [0.1, 0.15) is 0 Å². The lowest BCUT2D eigenvalue weighted by molar-refractivity contribution is 0.192. The van der Waals surface area contributed by atoms with Gasteiger partial charge in [0.15, 0.2) is 11.5 Å². The average Bonchev–Trinajstić information content (AvgIpc) is 2.96. The molecule has 0 heterocycles. The minimum atomic E-state index is 0.323. The van der Waals surface area contributed by atoms with Crippen molar-refractivity contribution >= 4 is 0 Å². The molecule has 0 aromatic heterocycles. The molecule has 0 spiro atoms. The van der Waals surface area contributed by atoms with Crippen molar-refractivity contribution in [2.45, 2.75) is 32.7 Å². The molecule has 0 bridgehead atoms. The number of aliphatic hydroxyl groups is 1. The van der Waals surface area contributed by atoms with Crippen molar-refractivity contribution in [1.29, 1.82) is 0 Å². The summed E-state index contributed by atoms with van der Waals surface area (Å²) in [6.07, 6.45) is 3.64. The van der Waals surface area contributed by atoms with E-state index in [0.717, 1.165) is 24.6 Å². The molecule has 21 heavy (non-hydrogen) atoms. The molecular weight excluding hydrogens is 266 g/mol. The molecule has 1 aromatic rings. The topological polar surface area (TPSA) is 50.7 Å². The van der Waals surface area contributed by atoms with E-state index >= 15 is 0 Å². The van der Waals surface area contributed by atoms with Crippen LogP contribution in [0.2, 0.25) is 0 Å². The van der Waals surface area contributed by atoms with Crippen LogP contribution in [0, 0.1) is 11.8 Å². The minimum absolute atomic E-state index is 0.323. The molecule has 2 atom stereocenters. The standard InChI is InChI=1S/C17H27NO3/c1-3-21-16-8-7-13(9-17(16)20-2)10-18-11-14-5-4-6-15(14)12-19/h7-9,14-15,18-19H,3-6,10-12H2,1-2H3. The third kappa shape index (κ3) is 4.35. The molecular formula is C17H27NO3. The molecule has 0 aliphatic heterocycles. The van der Waals surface area contributed by atoms with Crippen molar-refractivity contribution < 1.29 is 14.6 Å². The van der Waals surface area contributed by atoms with Crippen LogP contribution < -0.4 is 14.8 Å². The Bertz CT molecular complexity index is 436. The van der Waals surface area contributed by atoms with Crippen molar-refractivity contribution in [1.82, 2.24) is 5.32 Å². The third-order valence-corrected chi connectivity index (χ3v) is 4.31. The Labute approximate surface area is 127 Å². The summed E-state index contributed by atoms with van der Waals surface area (Å²) in [6.45, 7) is 4.72. The molecule has 0 saturated heterocycles. The number of hydrogen-bond donors (Lipinski definition) is 2. The first-order valence-electron chi connectivity index (χ1n) is 7.89. The van der Waals surface area contributed by atoms with Gasteiger partial charge in [-0.25, -0.2) is 0 Å². The highest BCUT2D eigenvalue weighted by Crippen LogP contribution is 2.31. The number of ether oxygens (including phenoxy) is 2. The van der Waals surface area contributed by atoms with Crippen molar-refractivity contribution in [3.8, 4) is 11.5 Å². The van der Waals surface area contributed by atoms with Crippen LogP contribution in [0.5, 0.6) is 11.5 Å². The monoisotopic (exact) mass is 293 g/mol. The van der Waals surface area contributed by atoms with E-state index in [-0.39, 0.29) is 0 Å².